The number of nitrogens with zero attached hydrogens (tertiary/aromatic N) is 3. The van der Waals surface area contributed by atoms with E-state index in [2.05, 4.69) is 75.5 Å². The number of nitrogens with one attached hydrogen (secondary N) is 1. The molecule has 16 nitrogen and oxygen atoms in total. The van der Waals surface area contributed by atoms with Crippen LogP contribution < -0.4 is 74.4 Å². The Hall–Kier alpha value is -7.72. The Morgan fingerprint density at radius 2 is 1.04 bits per heavy atom. The molecule has 4 heterocycles. The predicted octanol–water partition coefficient (Wildman–Crippen LogP) is 6.94. The predicted molar refractivity (Wildman–Crippen MR) is 372 cm³/mol. The van der Waals surface area contributed by atoms with E-state index >= 15 is 0 Å². The number of fused-ring (bicyclic) bond motifs is 12. The molecule has 0 saturated heterocycles. The summed E-state index contributed by atoms with van der Waals surface area (Å²) in [5.74, 6) is -6.12. The molecule has 14 rings (SSSR count). The zero-order chi connectivity index (χ0) is 68.3. The van der Waals surface area contributed by atoms with Crippen molar-refractivity contribution in [1.82, 2.24) is 0 Å². The summed E-state index contributed by atoms with van der Waals surface area (Å²) in [6.45, 7) is 15.5. The Bertz CT molecular complexity index is 5350. The minimum absolute atomic E-state index is 0. The van der Waals surface area contributed by atoms with Crippen molar-refractivity contribution in [3.63, 3.8) is 0 Å². The minimum atomic E-state index is -4.65. The molecule has 0 spiro atoms. The van der Waals surface area contributed by atoms with Crippen LogP contribution in [0.2, 0.25) is 0 Å². The van der Waals surface area contributed by atoms with Gasteiger partial charge in [0.1, 0.15) is 15.9 Å². The van der Waals surface area contributed by atoms with Gasteiger partial charge in [-0.1, -0.05) is 162 Å². The molecule has 6 aliphatic rings. The normalized spacial score (nSPS) is 21.6. The molecule has 488 valence electrons. The number of ketones is 4. The molecule has 2 unspecified atom stereocenters. The monoisotopic (exact) mass is 1360 g/mol. The fourth-order valence-electron chi connectivity index (χ4n) is 15.8. The number of carbonyl (C=O) groups is 4. The first-order valence-corrected chi connectivity index (χ1v) is 35.3. The number of hydrogen-bond donors (Lipinski definition) is 2. The third kappa shape index (κ3) is 12.0. The van der Waals surface area contributed by atoms with E-state index in [1.807, 2.05) is 119 Å². The molecule has 4 aliphatic heterocycles. The number of aliphatic hydroxyl groups excluding tert-OH is 1. The van der Waals surface area contributed by atoms with Gasteiger partial charge < -0.3 is 29.5 Å². The van der Waals surface area contributed by atoms with Crippen LogP contribution in [-0.2, 0) is 61.1 Å². The molecule has 20 heteroatoms. The van der Waals surface area contributed by atoms with Gasteiger partial charge >= 0.3 is 59.1 Å². The van der Waals surface area contributed by atoms with E-state index in [1.165, 1.54) is 17.7 Å². The molecule has 0 bridgehead atoms. The third-order valence-corrected chi connectivity index (χ3v) is 21.6. The Labute approximate surface area is 614 Å². The first kappa shape index (κ1) is 71.6. The number of allylic oxidation sites excluding steroid dienone is 10. The van der Waals surface area contributed by atoms with Crippen LogP contribution in [0.5, 0.6) is 0 Å². The summed E-state index contributed by atoms with van der Waals surface area (Å²) in [7, 11) is -9.30. The summed E-state index contributed by atoms with van der Waals surface area (Å²) < 4.78 is 72.4. The number of Topliss-reactive ketones (excluding diaryl/α,β-unsaturated/α-hetero) is 4. The average Bonchev–Trinajstić information content (AvgIpc) is 1.57. The van der Waals surface area contributed by atoms with Gasteiger partial charge in [-0.15, -0.1) is 0 Å². The fourth-order valence-corrected chi connectivity index (χ4v) is 16.6. The van der Waals surface area contributed by atoms with Crippen LogP contribution in [0.25, 0.3) is 43.1 Å². The van der Waals surface area contributed by atoms with Gasteiger partial charge in [-0.25, -0.2) is 16.8 Å². The van der Waals surface area contributed by atoms with Gasteiger partial charge in [0.2, 0.25) is 28.8 Å². The van der Waals surface area contributed by atoms with Gasteiger partial charge in [0, 0.05) is 74.4 Å². The van der Waals surface area contributed by atoms with Crippen LogP contribution in [-0.4, -0.2) is 94.8 Å². The summed E-state index contributed by atoms with van der Waals surface area (Å²) >= 11 is 0. The molecular formula is C78H70N4Na2O12S2. The Morgan fingerprint density at radius 3 is 1.62 bits per heavy atom. The molecule has 0 aromatic heterocycles. The van der Waals surface area contributed by atoms with Crippen LogP contribution in [0.15, 0.2) is 220 Å². The van der Waals surface area contributed by atoms with Gasteiger partial charge in [0.15, 0.2) is 12.3 Å². The van der Waals surface area contributed by atoms with Crippen molar-refractivity contribution in [1.29, 1.82) is 0 Å². The first-order valence-electron chi connectivity index (χ1n) is 32.2. The van der Waals surface area contributed by atoms with Crippen molar-refractivity contribution in [2.45, 2.75) is 103 Å². The number of rotatable bonds is 14. The van der Waals surface area contributed by atoms with Crippen LogP contribution >= 0.6 is 0 Å². The Balaban J connectivity index is 0.000000197. The van der Waals surface area contributed by atoms with E-state index in [4.69, 9.17) is 4.99 Å². The van der Waals surface area contributed by atoms with E-state index in [-0.39, 0.29) is 89.1 Å². The fraction of sp³-hybridized carbons (Fsp3) is 0.256. The van der Waals surface area contributed by atoms with Crippen molar-refractivity contribution in [2.24, 2.45) is 4.99 Å². The number of hydrogen-bond acceptors (Lipinski definition) is 15. The number of aliphatic hydroxyl groups is 1. The zero-order valence-electron chi connectivity index (χ0n) is 56.4. The molecule has 0 amide bonds. The van der Waals surface area contributed by atoms with Crippen LogP contribution in [0, 0.1) is 0 Å². The van der Waals surface area contributed by atoms with E-state index in [9.17, 15) is 55.3 Å². The van der Waals surface area contributed by atoms with Gasteiger partial charge in [-0.05, 0) is 143 Å². The molecule has 98 heavy (non-hydrogen) atoms. The average molecular weight is 1370 g/mol. The van der Waals surface area contributed by atoms with Crippen molar-refractivity contribution < 1.29 is 119 Å². The van der Waals surface area contributed by atoms with Crippen molar-refractivity contribution >= 4 is 121 Å². The molecule has 8 aromatic carbocycles. The van der Waals surface area contributed by atoms with Crippen LogP contribution in [0.1, 0.15) is 103 Å². The van der Waals surface area contributed by atoms with Crippen LogP contribution in [0.4, 0.5) is 22.7 Å². The zero-order valence-corrected chi connectivity index (χ0v) is 62.1. The quantitative estimate of drug-likeness (QED) is 0.0368. The van der Waals surface area contributed by atoms with E-state index in [0.29, 0.717) is 28.5 Å². The molecule has 0 fully saturated rings. The first-order chi connectivity index (χ1) is 45.5. The molecule has 2 aliphatic carbocycles. The van der Waals surface area contributed by atoms with E-state index in [1.54, 1.807) is 33.8 Å². The third-order valence-electron chi connectivity index (χ3n) is 20.3. The van der Waals surface area contributed by atoms with Crippen molar-refractivity contribution in [2.75, 3.05) is 34.8 Å². The summed E-state index contributed by atoms with van der Waals surface area (Å²) in [6, 6.07) is 47.3. The summed E-state index contributed by atoms with van der Waals surface area (Å²) in [6.07, 6.45) is 9.48. The van der Waals surface area contributed by atoms with Crippen LogP contribution in [0.3, 0.4) is 0 Å². The second kappa shape index (κ2) is 26.4. The summed E-state index contributed by atoms with van der Waals surface area (Å²) in [5, 5.41) is 37.4. The maximum absolute atomic E-state index is 14.2. The number of benzene rings is 8. The molecule has 8 aromatic rings. The molecule has 0 saturated carbocycles. The second-order valence-electron chi connectivity index (χ2n) is 27.0. The minimum Gasteiger partial charge on any atom is -0.871 e. The van der Waals surface area contributed by atoms with E-state index < -0.39 is 93.4 Å². The standard InChI is InChI=1S/C39H36N2O9S2.C39H36N2O3.2Na/c1-38(2)31(40(17-19-51(45,46)47)29-15-13-23-9-5-7-11-25(23)33(29)38)21-27-35(42)28(37(44)36(27)43)22-32-39(3,4)34-26-12-8-6-10-24(26)14-16-30(34)41(32)18-20-52(48,49)50;1-5-19-38(3)31(40-29-17-15-23-11-7-9-13-25(23)33(29)38)21-27-35(42)28(37(44)36(27)43)22-32-39(4,20-6-2)34-26-14-10-8-12-24(26)16-18-30(34)41-32;;/h5-16,21-22H,17-20H2,1-4H3,(H2-,42,43,44,45,46,47,48,49,50);7-18,21-22,40,42H,5-6,19-20H2,1-4H3;;/q;;2*+1/p-2/b;28-22-,31-21+;;. The van der Waals surface area contributed by atoms with Gasteiger partial charge in [-0.2, -0.15) is 4.58 Å². The Kier molecular flexibility index (Phi) is 19.3. The molecule has 0 radical (unpaired) electrons. The molecule has 2 N–H and O–H groups in total. The number of carbonyl (C=O) groups excluding carboxylic acids is 4. The Morgan fingerprint density at radius 1 is 0.541 bits per heavy atom. The molecule has 2 atom stereocenters. The number of anilines is 2. The summed E-state index contributed by atoms with van der Waals surface area (Å²) in [5.41, 5.74) is 5.70. The van der Waals surface area contributed by atoms with Crippen molar-refractivity contribution in [3.05, 3.63) is 237 Å². The largest absolute Gasteiger partial charge is 1.00 e. The SMILES string of the molecule is CC1(C)C(=CC2=C([O-])C(=CC3=[N+](CCS(=O)(=O)[O-])c4ccc5ccccc5c4C3(C)C)C(=O)C2=O)N(CCS(=O)(=O)[O-])c2ccc3ccccc3c21.CCCC1(C)C(/C=C2\C(=O)C(=O)C(/C=C3/Nc4ccc5ccccc5c4C3(C)CCC)=C2O)=Nc2ccc3ccccc3c21.[Na+].[Na+]. The summed E-state index contributed by atoms with van der Waals surface area (Å²) in [4.78, 5) is 61.0. The molecular weight excluding hydrogens is 1290 g/mol. The van der Waals surface area contributed by atoms with E-state index in [0.717, 1.165) is 103 Å². The van der Waals surface area contributed by atoms with Gasteiger partial charge in [-0.3, -0.25) is 24.2 Å². The maximum atomic E-state index is 14.2. The van der Waals surface area contributed by atoms with Gasteiger partial charge in [0.05, 0.1) is 49.6 Å². The van der Waals surface area contributed by atoms with Crippen molar-refractivity contribution in [3.8, 4) is 0 Å². The second-order valence-corrected chi connectivity index (χ2v) is 30.1. The number of aliphatic imine (C=N–C) groups is 1. The maximum Gasteiger partial charge on any atom is 1.00 e. The topological polar surface area (TPSA) is 257 Å². The van der Waals surface area contributed by atoms with Gasteiger partial charge in [0.25, 0.3) is 0 Å². The smallest absolute Gasteiger partial charge is 0.871 e.